The standard InChI is InChI=1S/C13H15ClN4/c1-3-16-12-7-15-8-13(18-12)17-11-6-10(14)5-4-9(11)2/h4-8H,3H2,1-2H3,(H2,16,17,18). The average molecular weight is 263 g/mol. The summed E-state index contributed by atoms with van der Waals surface area (Å²) in [7, 11) is 0. The van der Waals surface area contributed by atoms with E-state index in [1.165, 1.54) is 0 Å². The lowest BCUT2D eigenvalue weighted by molar-refractivity contribution is 1.12. The minimum absolute atomic E-state index is 0.693. The van der Waals surface area contributed by atoms with E-state index in [-0.39, 0.29) is 0 Å². The highest BCUT2D eigenvalue weighted by atomic mass is 35.5. The Morgan fingerprint density at radius 1 is 1.22 bits per heavy atom. The van der Waals surface area contributed by atoms with Gasteiger partial charge < -0.3 is 10.6 Å². The molecule has 0 saturated heterocycles. The first-order chi connectivity index (χ1) is 8.69. The number of halogens is 1. The number of rotatable bonds is 4. The van der Waals surface area contributed by atoms with Crippen LogP contribution in [0.1, 0.15) is 12.5 Å². The summed E-state index contributed by atoms with van der Waals surface area (Å²) in [5.41, 5.74) is 2.04. The fourth-order valence-electron chi connectivity index (χ4n) is 1.56. The summed E-state index contributed by atoms with van der Waals surface area (Å²) >= 11 is 5.98. The monoisotopic (exact) mass is 262 g/mol. The molecule has 1 aromatic carbocycles. The zero-order chi connectivity index (χ0) is 13.0. The van der Waals surface area contributed by atoms with Gasteiger partial charge in [-0.25, -0.2) is 4.98 Å². The first-order valence-corrected chi connectivity index (χ1v) is 6.16. The van der Waals surface area contributed by atoms with Gasteiger partial charge in [0.2, 0.25) is 0 Å². The first kappa shape index (κ1) is 12.6. The van der Waals surface area contributed by atoms with E-state index in [1.54, 1.807) is 12.4 Å². The Morgan fingerprint density at radius 3 is 2.78 bits per heavy atom. The lowest BCUT2D eigenvalue weighted by atomic mass is 10.2. The lowest BCUT2D eigenvalue weighted by Gasteiger charge is -2.10. The molecular formula is C13H15ClN4. The van der Waals surface area contributed by atoms with E-state index in [0.29, 0.717) is 10.8 Å². The van der Waals surface area contributed by atoms with Gasteiger partial charge in [-0.3, -0.25) is 4.98 Å². The Balaban J connectivity index is 2.22. The number of aryl methyl sites for hydroxylation is 1. The first-order valence-electron chi connectivity index (χ1n) is 5.78. The Labute approximate surface area is 111 Å². The van der Waals surface area contributed by atoms with Crippen molar-refractivity contribution < 1.29 is 0 Å². The van der Waals surface area contributed by atoms with Crippen molar-refractivity contribution in [3.63, 3.8) is 0 Å². The normalized spacial score (nSPS) is 10.2. The molecule has 0 atom stereocenters. The number of benzene rings is 1. The highest BCUT2D eigenvalue weighted by Gasteiger charge is 2.02. The summed E-state index contributed by atoms with van der Waals surface area (Å²) in [6, 6.07) is 5.70. The average Bonchev–Trinajstić information content (AvgIpc) is 2.35. The molecule has 0 aliphatic rings. The van der Waals surface area contributed by atoms with Crippen LogP contribution in [0.4, 0.5) is 17.3 Å². The van der Waals surface area contributed by atoms with E-state index >= 15 is 0 Å². The summed E-state index contributed by atoms with van der Waals surface area (Å²) in [6.07, 6.45) is 3.38. The maximum atomic E-state index is 5.98. The van der Waals surface area contributed by atoms with Gasteiger partial charge in [0.25, 0.3) is 0 Å². The minimum Gasteiger partial charge on any atom is -0.369 e. The van der Waals surface area contributed by atoms with E-state index in [1.807, 2.05) is 32.0 Å². The quantitative estimate of drug-likeness (QED) is 0.884. The molecular weight excluding hydrogens is 248 g/mol. The largest absolute Gasteiger partial charge is 0.369 e. The molecule has 1 aromatic heterocycles. The maximum Gasteiger partial charge on any atom is 0.151 e. The number of aromatic nitrogens is 2. The molecule has 2 aromatic rings. The third-order valence-corrected chi connectivity index (χ3v) is 2.69. The molecule has 0 aliphatic carbocycles. The van der Waals surface area contributed by atoms with Gasteiger partial charge in [-0.2, -0.15) is 0 Å². The van der Waals surface area contributed by atoms with Crippen molar-refractivity contribution in [3.8, 4) is 0 Å². The van der Waals surface area contributed by atoms with E-state index in [2.05, 4.69) is 20.6 Å². The van der Waals surface area contributed by atoms with Crippen molar-refractivity contribution in [1.82, 2.24) is 9.97 Å². The summed E-state index contributed by atoms with van der Waals surface area (Å²) in [5.74, 6) is 1.45. The number of hydrogen-bond acceptors (Lipinski definition) is 4. The van der Waals surface area contributed by atoms with Crippen LogP contribution in [0, 0.1) is 6.92 Å². The van der Waals surface area contributed by atoms with E-state index in [9.17, 15) is 0 Å². The summed E-state index contributed by atoms with van der Waals surface area (Å²) < 4.78 is 0. The number of nitrogens with zero attached hydrogens (tertiary/aromatic N) is 2. The molecule has 0 amide bonds. The molecule has 0 unspecified atom stereocenters. The third kappa shape index (κ3) is 3.11. The van der Waals surface area contributed by atoms with Gasteiger partial charge in [-0.05, 0) is 31.5 Å². The maximum absolute atomic E-state index is 5.98. The van der Waals surface area contributed by atoms with Crippen LogP contribution in [0.2, 0.25) is 5.02 Å². The zero-order valence-electron chi connectivity index (χ0n) is 10.4. The number of hydrogen-bond donors (Lipinski definition) is 2. The molecule has 2 rings (SSSR count). The van der Waals surface area contributed by atoms with Gasteiger partial charge in [0.1, 0.15) is 5.82 Å². The molecule has 0 radical (unpaired) electrons. The van der Waals surface area contributed by atoms with Crippen molar-refractivity contribution >= 4 is 28.9 Å². The van der Waals surface area contributed by atoms with Gasteiger partial charge >= 0.3 is 0 Å². The fourth-order valence-corrected chi connectivity index (χ4v) is 1.73. The van der Waals surface area contributed by atoms with Gasteiger partial charge in [0, 0.05) is 17.3 Å². The van der Waals surface area contributed by atoms with Crippen molar-refractivity contribution in [2.75, 3.05) is 17.2 Å². The number of nitrogens with one attached hydrogen (secondary N) is 2. The van der Waals surface area contributed by atoms with Gasteiger partial charge in [-0.15, -0.1) is 0 Å². The van der Waals surface area contributed by atoms with Gasteiger partial charge in [0.05, 0.1) is 12.4 Å². The SMILES string of the molecule is CCNc1cncc(Nc2cc(Cl)ccc2C)n1. The molecule has 2 N–H and O–H groups in total. The second-order valence-electron chi connectivity index (χ2n) is 3.90. The van der Waals surface area contributed by atoms with Crippen molar-refractivity contribution in [2.24, 2.45) is 0 Å². The fraction of sp³-hybridized carbons (Fsp3) is 0.231. The molecule has 18 heavy (non-hydrogen) atoms. The second-order valence-corrected chi connectivity index (χ2v) is 4.34. The molecule has 0 aliphatic heterocycles. The van der Waals surface area contributed by atoms with Crippen LogP contribution in [-0.4, -0.2) is 16.5 Å². The minimum atomic E-state index is 0.693. The molecule has 1 heterocycles. The Bertz CT molecular complexity index is 542. The van der Waals surface area contributed by atoms with Gasteiger partial charge in [0.15, 0.2) is 5.82 Å². The molecule has 0 fully saturated rings. The molecule has 94 valence electrons. The van der Waals surface area contributed by atoms with E-state index in [4.69, 9.17) is 11.6 Å². The summed E-state index contributed by atoms with van der Waals surface area (Å²) in [5, 5.41) is 7.03. The predicted molar refractivity (Wildman–Crippen MR) is 75.7 cm³/mol. The van der Waals surface area contributed by atoms with Crippen LogP contribution in [0.5, 0.6) is 0 Å². The molecule has 5 heteroatoms. The molecule has 4 nitrogen and oxygen atoms in total. The van der Waals surface area contributed by atoms with Crippen LogP contribution in [0.15, 0.2) is 30.6 Å². The number of anilines is 3. The van der Waals surface area contributed by atoms with Gasteiger partial charge in [-0.1, -0.05) is 17.7 Å². The van der Waals surface area contributed by atoms with Crippen molar-refractivity contribution in [3.05, 3.63) is 41.2 Å². The third-order valence-electron chi connectivity index (χ3n) is 2.45. The zero-order valence-corrected chi connectivity index (χ0v) is 11.1. The van der Waals surface area contributed by atoms with E-state index in [0.717, 1.165) is 23.6 Å². The van der Waals surface area contributed by atoms with Crippen LogP contribution in [0.25, 0.3) is 0 Å². The highest BCUT2D eigenvalue weighted by Crippen LogP contribution is 2.23. The molecule has 0 spiro atoms. The van der Waals surface area contributed by atoms with Crippen LogP contribution in [-0.2, 0) is 0 Å². The van der Waals surface area contributed by atoms with Crippen LogP contribution < -0.4 is 10.6 Å². The Hall–Kier alpha value is -1.81. The summed E-state index contributed by atoms with van der Waals surface area (Å²) in [4.78, 5) is 8.53. The topological polar surface area (TPSA) is 49.8 Å². The highest BCUT2D eigenvalue weighted by molar-refractivity contribution is 6.30. The van der Waals surface area contributed by atoms with Crippen molar-refractivity contribution in [1.29, 1.82) is 0 Å². The smallest absolute Gasteiger partial charge is 0.151 e. The van der Waals surface area contributed by atoms with Crippen molar-refractivity contribution in [2.45, 2.75) is 13.8 Å². The molecule has 0 saturated carbocycles. The second kappa shape index (κ2) is 5.69. The predicted octanol–water partition coefficient (Wildman–Crippen LogP) is 3.61. The van der Waals surface area contributed by atoms with Crippen LogP contribution >= 0.6 is 11.6 Å². The summed E-state index contributed by atoms with van der Waals surface area (Å²) in [6.45, 7) is 4.84. The Morgan fingerprint density at radius 2 is 2.00 bits per heavy atom. The Kier molecular flexibility index (Phi) is 3.99. The molecule has 0 bridgehead atoms. The van der Waals surface area contributed by atoms with Crippen LogP contribution in [0.3, 0.4) is 0 Å². The van der Waals surface area contributed by atoms with E-state index < -0.39 is 0 Å². The lowest BCUT2D eigenvalue weighted by Crippen LogP contribution is -2.02.